The van der Waals surface area contributed by atoms with Gasteiger partial charge in [0.2, 0.25) is 5.91 Å². The van der Waals surface area contributed by atoms with Gasteiger partial charge >= 0.3 is 6.03 Å². The summed E-state index contributed by atoms with van der Waals surface area (Å²) in [5.41, 5.74) is 5.05. The smallest absolute Gasteiger partial charge is 0.312 e. The van der Waals surface area contributed by atoms with Crippen molar-refractivity contribution in [2.75, 3.05) is 19.7 Å². The van der Waals surface area contributed by atoms with Crippen LogP contribution < -0.4 is 16.4 Å². The van der Waals surface area contributed by atoms with E-state index in [4.69, 9.17) is 10.8 Å². The van der Waals surface area contributed by atoms with Crippen LogP contribution >= 0.6 is 0 Å². The molecule has 11 heteroatoms. The summed E-state index contributed by atoms with van der Waals surface area (Å²) in [6, 6.07) is -1.45. The van der Waals surface area contributed by atoms with Crippen molar-refractivity contribution >= 4 is 35.3 Å². The summed E-state index contributed by atoms with van der Waals surface area (Å²) >= 11 is 0. The molecule has 0 aromatic rings. The number of aliphatic hydroxyl groups excluding tert-OH is 1. The molecule has 2 atom stereocenters. The highest BCUT2D eigenvalue weighted by Crippen LogP contribution is 2.19. The van der Waals surface area contributed by atoms with Gasteiger partial charge in [0.15, 0.2) is 5.78 Å². The monoisotopic (exact) mass is 508 g/mol. The highest BCUT2D eigenvalue weighted by atomic mass is 16.3. The van der Waals surface area contributed by atoms with Crippen LogP contribution in [0.15, 0.2) is 12.2 Å². The quantitative estimate of drug-likeness (QED) is 0.148. The Morgan fingerprint density at radius 1 is 0.972 bits per heavy atom. The normalized spacial score (nSPS) is 14.7. The molecular weight excluding hydrogens is 468 g/mol. The fraction of sp³-hybridized carbons (Fsp3) is 0.680. The summed E-state index contributed by atoms with van der Waals surface area (Å²) in [5.74, 6) is -2.01. The highest BCUT2D eigenvalue weighted by Gasteiger charge is 2.29. The standard InChI is InChI=1S/C25H40N4O7/c1-17(2)19(16-18(31)8-4-3-5-14-29-22(33)11-12-23(29)34)24(35)28-20(21(32)10-7-15-30)9-6-13-27-25(26)36/h11-12,17,19-20,30H,3-10,13-16H2,1-2H3,(H,28,35)(H3,26,27,36). The molecule has 0 fully saturated rings. The number of aliphatic hydroxyl groups is 1. The van der Waals surface area contributed by atoms with Gasteiger partial charge < -0.3 is 21.5 Å². The lowest BCUT2D eigenvalue weighted by molar-refractivity contribution is -0.137. The van der Waals surface area contributed by atoms with Crippen LogP contribution in [0.1, 0.15) is 71.6 Å². The maximum absolute atomic E-state index is 13.0. The van der Waals surface area contributed by atoms with Crippen LogP contribution in [-0.2, 0) is 24.0 Å². The van der Waals surface area contributed by atoms with Gasteiger partial charge in [0, 0.05) is 57.0 Å². The summed E-state index contributed by atoms with van der Waals surface area (Å²) in [7, 11) is 0. The van der Waals surface area contributed by atoms with Crippen LogP contribution in [0.4, 0.5) is 4.79 Å². The number of unbranched alkanes of at least 4 members (excludes halogenated alkanes) is 2. The number of urea groups is 1. The first-order valence-corrected chi connectivity index (χ1v) is 12.6. The zero-order valence-corrected chi connectivity index (χ0v) is 21.3. The Bertz CT molecular complexity index is 807. The van der Waals surface area contributed by atoms with Gasteiger partial charge in [-0.1, -0.05) is 20.3 Å². The molecule has 5 amide bonds. The zero-order valence-electron chi connectivity index (χ0n) is 21.3. The lowest BCUT2D eigenvalue weighted by Crippen LogP contribution is -2.45. The van der Waals surface area contributed by atoms with E-state index in [1.807, 2.05) is 13.8 Å². The Labute approximate surface area is 212 Å². The molecule has 0 saturated carbocycles. The molecule has 1 rings (SSSR count). The van der Waals surface area contributed by atoms with E-state index in [-0.39, 0.29) is 74.0 Å². The van der Waals surface area contributed by atoms with E-state index in [9.17, 15) is 28.8 Å². The van der Waals surface area contributed by atoms with Crippen molar-refractivity contribution in [3.05, 3.63) is 12.2 Å². The van der Waals surface area contributed by atoms with Crippen LogP contribution in [0, 0.1) is 11.8 Å². The second-order valence-corrected chi connectivity index (χ2v) is 9.35. The number of imide groups is 1. The van der Waals surface area contributed by atoms with Crippen molar-refractivity contribution in [1.82, 2.24) is 15.5 Å². The Morgan fingerprint density at radius 2 is 1.64 bits per heavy atom. The average Bonchev–Trinajstić information content (AvgIpc) is 3.14. The minimum Gasteiger partial charge on any atom is -0.396 e. The molecule has 0 spiro atoms. The number of ketones is 2. The Kier molecular flexibility index (Phi) is 14.2. The van der Waals surface area contributed by atoms with Gasteiger partial charge in [0.25, 0.3) is 11.8 Å². The third kappa shape index (κ3) is 11.6. The van der Waals surface area contributed by atoms with E-state index in [1.165, 1.54) is 17.1 Å². The van der Waals surface area contributed by atoms with Gasteiger partial charge in [0.1, 0.15) is 5.78 Å². The van der Waals surface area contributed by atoms with Gasteiger partial charge in [-0.05, 0) is 38.0 Å². The summed E-state index contributed by atoms with van der Waals surface area (Å²) < 4.78 is 0. The molecule has 1 aliphatic rings. The molecule has 11 nitrogen and oxygen atoms in total. The molecule has 0 radical (unpaired) electrons. The van der Waals surface area contributed by atoms with E-state index in [1.54, 1.807) is 0 Å². The van der Waals surface area contributed by atoms with Crippen molar-refractivity contribution in [2.45, 2.75) is 77.7 Å². The lowest BCUT2D eigenvalue weighted by atomic mass is 9.88. The molecule has 0 aliphatic carbocycles. The van der Waals surface area contributed by atoms with Crippen molar-refractivity contribution in [2.24, 2.45) is 17.6 Å². The fourth-order valence-corrected chi connectivity index (χ4v) is 3.94. The molecular formula is C25H40N4O7. The maximum atomic E-state index is 13.0. The first-order chi connectivity index (χ1) is 17.1. The number of carbonyl (C=O) groups excluding carboxylic acids is 6. The molecule has 1 aliphatic heterocycles. The Morgan fingerprint density at radius 3 is 2.22 bits per heavy atom. The largest absolute Gasteiger partial charge is 0.396 e. The molecule has 202 valence electrons. The highest BCUT2D eigenvalue weighted by molar-refractivity contribution is 6.12. The molecule has 1 heterocycles. The number of rotatable bonds is 19. The SMILES string of the molecule is CC(C)C(CC(=O)CCCCCN1C(=O)C=CC1=O)C(=O)NC(CCCNC(N)=O)C(=O)CCCO. The molecule has 0 aromatic heterocycles. The number of Topliss-reactive ketones (excluding diaryl/α,β-unsaturated/α-hetero) is 2. The average molecular weight is 509 g/mol. The van der Waals surface area contributed by atoms with Crippen LogP contribution in [0.25, 0.3) is 0 Å². The number of hydrogen-bond donors (Lipinski definition) is 4. The molecule has 0 bridgehead atoms. The number of amides is 5. The van der Waals surface area contributed by atoms with Crippen LogP contribution in [-0.4, -0.2) is 71.1 Å². The van der Waals surface area contributed by atoms with Gasteiger partial charge in [-0.25, -0.2) is 4.79 Å². The van der Waals surface area contributed by atoms with Gasteiger partial charge in [-0.2, -0.15) is 0 Å². The van der Waals surface area contributed by atoms with Gasteiger partial charge in [0.05, 0.1) is 6.04 Å². The number of carbonyl (C=O) groups is 6. The van der Waals surface area contributed by atoms with Crippen LogP contribution in [0.5, 0.6) is 0 Å². The zero-order chi connectivity index (χ0) is 27.1. The molecule has 5 N–H and O–H groups in total. The number of primary amides is 1. The second-order valence-electron chi connectivity index (χ2n) is 9.35. The maximum Gasteiger partial charge on any atom is 0.312 e. The van der Waals surface area contributed by atoms with E-state index >= 15 is 0 Å². The predicted octanol–water partition coefficient (Wildman–Crippen LogP) is 0.978. The summed E-state index contributed by atoms with van der Waals surface area (Å²) in [6.45, 7) is 4.12. The van der Waals surface area contributed by atoms with Gasteiger partial charge in [-0.15, -0.1) is 0 Å². The Hall–Kier alpha value is -3.08. The van der Waals surface area contributed by atoms with Crippen molar-refractivity contribution in [3.8, 4) is 0 Å². The van der Waals surface area contributed by atoms with Crippen molar-refractivity contribution < 1.29 is 33.9 Å². The van der Waals surface area contributed by atoms with E-state index < -0.39 is 18.0 Å². The third-order valence-electron chi connectivity index (χ3n) is 6.08. The van der Waals surface area contributed by atoms with Crippen molar-refractivity contribution in [1.29, 1.82) is 0 Å². The fourth-order valence-electron chi connectivity index (χ4n) is 3.94. The predicted molar refractivity (Wildman–Crippen MR) is 132 cm³/mol. The summed E-state index contributed by atoms with van der Waals surface area (Å²) in [4.78, 5) is 73.2. The van der Waals surface area contributed by atoms with Crippen molar-refractivity contribution in [3.63, 3.8) is 0 Å². The molecule has 2 unspecified atom stereocenters. The molecule has 0 saturated heterocycles. The summed E-state index contributed by atoms with van der Waals surface area (Å²) in [6.07, 6.45) is 5.80. The van der Waals surface area contributed by atoms with E-state index in [0.717, 1.165) is 0 Å². The second kappa shape index (κ2) is 16.6. The van der Waals surface area contributed by atoms with Crippen LogP contribution in [0.3, 0.4) is 0 Å². The Balaban J connectivity index is 2.54. The number of hydrogen-bond acceptors (Lipinski definition) is 7. The number of nitrogens with zero attached hydrogens (tertiary/aromatic N) is 1. The summed E-state index contributed by atoms with van der Waals surface area (Å²) in [5, 5.41) is 14.2. The van der Waals surface area contributed by atoms with Crippen LogP contribution in [0.2, 0.25) is 0 Å². The van der Waals surface area contributed by atoms with Gasteiger partial charge in [-0.3, -0.25) is 28.9 Å². The first kappa shape index (κ1) is 31.0. The minimum absolute atomic E-state index is 0.0529. The lowest BCUT2D eigenvalue weighted by Gasteiger charge is -2.24. The number of nitrogens with two attached hydrogens (primary N) is 1. The number of nitrogens with one attached hydrogen (secondary N) is 2. The molecule has 0 aromatic carbocycles. The van der Waals surface area contributed by atoms with E-state index in [2.05, 4.69) is 10.6 Å². The third-order valence-corrected chi connectivity index (χ3v) is 6.08. The molecule has 36 heavy (non-hydrogen) atoms. The topological polar surface area (TPSA) is 176 Å². The van der Waals surface area contributed by atoms with E-state index in [0.29, 0.717) is 38.6 Å². The first-order valence-electron chi connectivity index (χ1n) is 12.6. The minimum atomic E-state index is -0.777.